The Morgan fingerprint density at radius 1 is 1.17 bits per heavy atom. The summed E-state index contributed by atoms with van der Waals surface area (Å²) in [6.07, 6.45) is 5.37. The molecule has 0 aromatic heterocycles. The summed E-state index contributed by atoms with van der Waals surface area (Å²) in [5.74, 6) is 0.630. The third-order valence-electron chi connectivity index (χ3n) is 4.80. The second-order valence-electron chi connectivity index (χ2n) is 6.03. The number of nitrogens with one attached hydrogen (secondary N) is 1. The van der Waals surface area contributed by atoms with Gasteiger partial charge in [0.2, 0.25) is 0 Å². The quantitative estimate of drug-likeness (QED) is 0.449. The van der Waals surface area contributed by atoms with Gasteiger partial charge in [0.25, 0.3) is 5.69 Å². The molecule has 0 fully saturated rings. The molecule has 2 aromatic carbocycles. The van der Waals surface area contributed by atoms with E-state index in [1.807, 2.05) is 18.2 Å². The average Bonchev–Trinajstić information content (AvgIpc) is 3.04. The maximum Gasteiger partial charge on any atom is 0.292 e. The molecule has 0 saturated heterocycles. The summed E-state index contributed by atoms with van der Waals surface area (Å²) < 4.78 is 1.03. The Bertz CT molecular complexity index is 801. The topological polar surface area (TPSA) is 55.2 Å². The van der Waals surface area contributed by atoms with Crippen LogP contribution in [-0.2, 0) is 0 Å². The lowest BCUT2D eigenvalue weighted by Crippen LogP contribution is -2.29. The number of para-hydroxylation sites is 1. The Morgan fingerprint density at radius 2 is 1.96 bits per heavy atom. The predicted octanol–water partition coefficient (Wildman–Crippen LogP) is 5.18. The van der Waals surface area contributed by atoms with Crippen LogP contribution in [0.25, 0.3) is 0 Å². The average molecular weight is 371 g/mol. The van der Waals surface area contributed by atoms with Crippen LogP contribution in [0.2, 0.25) is 0 Å². The molecular formula is C18H15BrN2O2. The van der Waals surface area contributed by atoms with Crippen molar-refractivity contribution in [3.63, 3.8) is 0 Å². The highest BCUT2D eigenvalue weighted by Crippen LogP contribution is 2.51. The van der Waals surface area contributed by atoms with Gasteiger partial charge in [0.05, 0.1) is 11.0 Å². The first kappa shape index (κ1) is 14.5. The van der Waals surface area contributed by atoms with E-state index in [9.17, 15) is 10.1 Å². The fourth-order valence-electron chi connectivity index (χ4n) is 3.76. The van der Waals surface area contributed by atoms with E-state index in [0.717, 1.165) is 22.0 Å². The van der Waals surface area contributed by atoms with E-state index < -0.39 is 0 Å². The summed E-state index contributed by atoms with van der Waals surface area (Å²) >= 11 is 3.46. The van der Waals surface area contributed by atoms with Crippen LogP contribution in [0.5, 0.6) is 0 Å². The van der Waals surface area contributed by atoms with E-state index in [0.29, 0.717) is 11.6 Å². The minimum Gasteiger partial charge on any atom is -0.372 e. The molecule has 2 aliphatic rings. The molecule has 23 heavy (non-hydrogen) atoms. The molecule has 0 unspecified atom stereocenters. The summed E-state index contributed by atoms with van der Waals surface area (Å²) in [6.45, 7) is 0. The van der Waals surface area contributed by atoms with E-state index in [-0.39, 0.29) is 22.6 Å². The van der Waals surface area contributed by atoms with Crippen molar-refractivity contribution in [3.8, 4) is 0 Å². The maximum atomic E-state index is 11.4. The molecule has 4 rings (SSSR count). The molecule has 0 bridgehead atoms. The number of benzene rings is 2. The first-order chi connectivity index (χ1) is 11.1. The fourth-order valence-corrected chi connectivity index (χ4v) is 4.02. The minimum absolute atomic E-state index is 0.0803. The highest BCUT2D eigenvalue weighted by atomic mass is 79.9. The number of hydrogen-bond donors (Lipinski definition) is 1. The van der Waals surface area contributed by atoms with Gasteiger partial charge in [0.15, 0.2) is 0 Å². The van der Waals surface area contributed by atoms with Gasteiger partial charge >= 0.3 is 0 Å². The van der Waals surface area contributed by atoms with Crippen molar-refractivity contribution in [2.45, 2.75) is 18.4 Å². The van der Waals surface area contributed by atoms with Gasteiger partial charge in [0.1, 0.15) is 5.69 Å². The van der Waals surface area contributed by atoms with Crippen LogP contribution in [0.4, 0.5) is 11.4 Å². The monoisotopic (exact) mass is 370 g/mol. The summed E-state index contributed by atoms with van der Waals surface area (Å²) in [6, 6.07) is 13.6. The number of nitro benzene ring substituents is 1. The molecule has 0 spiro atoms. The number of nitro groups is 1. The first-order valence-corrected chi connectivity index (χ1v) is 8.40. The van der Waals surface area contributed by atoms with E-state index in [4.69, 9.17) is 0 Å². The largest absolute Gasteiger partial charge is 0.372 e. The van der Waals surface area contributed by atoms with E-state index in [2.05, 4.69) is 45.5 Å². The standard InChI is InChI=1S/C18H15BrN2O2/c19-12-9-7-11(8-10-12)17-14-4-1-3-13(14)15-5-2-6-16(21(22)23)18(15)20-17/h1-3,5-10,13-14,17,20H,4H2/t13-,14-,17+/m0/s1. The molecule has 4 nitrogen and oxygen atoms in total. The van der Waals surface area contributed by atoms with Gasteiger partial charge in [-0.25, -0.2) is 0 Å². The van der Waals surface area contributed by atoms with Crippen molar-refractivity contribution in [2.24, 2.45) is 5.92 Å². The zero-order valence-electron chi connectivity index (χ0n) is 12.3. The smallest absolute Gasteiger partial charge is 0.292 e. The Labute approximate surface area is 142 Å². The van der Waals surface area contributed by atoms with Crippen molar-refractivity contribution < 1.29 is 4.92 Å². The van der Waals surface area contributed by atoms with Gasteiger partial charge in [-0.05, 0) is 35.6 Å². The van der Waals surface area contributed by atoms with Crippen LogP contribution in [0, 0.1) is 16.0 Å². The van der Waals surface area contributed by atoms with Gasteiger partial charge in [0, 0.05) is 16.5 Å². The van der Waals surface area contributed by atoms with Crippen LogP contribution >= 0.6 is 15.9 Å². The highest BCUT2D eigenvalue weighted by molar-refractivity contribution is 9.10. The summed E-state index contributed by atoms with van der Waals surface area (Å²) in [5, 5.41) is 14.9. The van der Waals surface area contributed by atoms with Gasteiger partial charge in [-0.2, -0.15) is 0 Å². The zero-order chi connectivity index (χ0) is 16.0. The Morgan fingerprint density at radius 3 is 2.70 bits per heavy atom. The normalized spacial score (nSPS) is 24.7. The van der Waals surface area contributed by atoms with Gasteiger partial charge < -0.3 is 5.32 Å². The summed E-state index contributed by atoms with van der Waals surface area (Å²) in [7, 11) is 0. The molecule has 1 N–H and O–H groups in total. The van der Waals surface area contributed by atoms with Gasteiger partial charge in [-0.15, -0.1) is 0 Å². The molecule has 5 heteroatoms. The maximum absolute atomic E-state index is 11.4. The third kappa shape index (κ3) is 2.36. The predicted molar refractivity (Wildman–Crippen MR) is 93.6 cm³/mol. The Balaban J connectivity index is 1.83. The second kappa shape index (κ2) is 5.49. The van der Waals surface area contributed by atoms with Crippen molar-refractivity contribution in [3.05, 3.63) is 80.3 Å². The minimum atomic E-state index is -0.302. The first-order valence-electron chi connectivity index (χ1n) is 7.61. The van der Waals surface area contributed by atoms with Crippen molar-refractivity contribution in [2.75, 3.05) is 5.32 Å². The van der Waals surface area contributed by atoms with Crippen LogP contribution in [0.1, 0.15) is 29.5 Å². The molecule has 1 aliphatic heterocycles. The van der Waals surface area contributed by atoms with Crippen LogP contribution in [0.15, 0.2) is 59.1 Å². The lowest BCUT2D eigenvalue weighted by molar-refractivity contribution is -0.384. The summed E-state index contributed by atoms with van der Waals surface area (Å²) in [5.41, 5.74) is 3.02. The van der Waals surface area contributed by atoms with Crippen molar-refractivity contribution in [1.82, 2.24) is 0 Å². The molecule has 1 heterocycles. The number of allylic oxidation sites excluding steroid dienone is 2. The summed E-state index contributed by atoms with van der Waals surface area (Å²) in [4.78, 5) is 11.1. The number of fused-ring (bicyclic) bond motifs is 3. The van der Waals surface area contributed by atoms with Crippen molar-refractivity contribution in [1.29, 1.82) is 0 Å². The zero-order valence-corrected chi connectivity index (χ0v) is 13.9. The lowest BCUT2D eigenvalue weighted by Gasteiger charge is -2.37. The molecule has 3 atom stereocenters. The molecule has 0 amide bonds. The van der Waals surface area contributed by atoms with E-state index in [1.54, 1.807) is 12.1 Å². The Kier molecular flexibility index (Phi) is 3.45. The van der Waals surface area contributed by atoms with Crippen LogP contribution in [0.3, 0.4) is 0 Å². The molecule has 0 saturated carbocycles. The molecule has 1 aliphatic carbocycles. The van der Waals surface area contributed by atoms with E-state index >= 15 is 0 Å². The van der Waals surface area contributed by atoms with E-state index in [1.165, 1.54) is 0 Å². The number of rotatable bonds is 2. The fraction of sp³-hybridized carbons (Fsp3) is 0.222. The molecule has 116 valence electrons. The van der Waals surface area contributed by atoms with Crippen molar-refractivity contribution >= 4 is 27.3 Å². The number of anilines is 1. The second-order valence-corrected chi connectivity index (χ2v) is 6.94. The number of hydrogen-bond acceptors (Lipinski definition) is 3. The van der Waals surface area contributed by atoms with Crippen LogP contribution < -0.4 is 5.32 Å². The number of halogens is 1. The lowest BCUT2D eigenvalue weighted by atomic mass is 9.77. The molecule has 2 aromatic rings. The SMILES string of the molecule is O=[N+]([O-])c1cccc2c1N[C@H](c1ccc(Br)cc1)[C@H]1CC=C[C@H]21. The molecule has 0 radical (unpaired) electrons. The van der Waals surface area contributed by atoms with Gasteiger partial charge in [-0.3, -0.25) is 10.1 Å². The van der Waals surface area contributed by atoms with Crippen LogP contribution in [-0.4, -0.2) is 4.92 Å². The highest BCUT2D eigenvalue weighted by Gasteiger charge is 2.40. The number of nitrogens with zero attached hydrogens (tertiary/aromatic N) is 1. The van der Waals surface area contributed by atoms with Gasteiger partial charge in [-0.1, -0.05) is 52.3 Å². The third-order valence-corrected chi connectivity index (χ3v) is 5.33. The Hall–Kier alpha value is -2.14. The molecular weight excluding hydrogens is 356 g/mol.